The second-order valence-electron chi connectivity index (χ2n) is 6.81. The lowest BCUT2D eigenvalue weighted by molar-refractivity contribution is -0.139. The average molecular weight is 451 g/mol. The maximum absolute atomic E-state index is 14.9. The Morgan fingerprint density at radius 1 is 1.09 bits per heavy atom. The van der Waals surface area contributed by atoms with Crippen LogP contribution in [0.5, 0.6) is 0 Å². The summed E-state index contributed by atoms with van der Waals surface area (Å²) in [7, 11) is 2.12. The molecule has 168 valence electrons. The van der Waals surface area contributed by atoms with Crippen molar-refractivity contribution in [1.29, 1.82) is 5.26 Å². The second kappa shape index (κ2) is 9.23. The molecule has 2 aromatic carbocycles. The van der Waals surface area contributed by atoms with Crippen LogP contribution in [0.2, 0.25) is 0 Å². The van der Waals surface area contributed by atoms with Crippen LogP contribution >= 0.6 is 0 Å². The third-order valence-corrected chi connectivity index (χ3v) is 5.04. The smallest absolute Gasteiger partial charge is 0.355 e. The first kappa shape index (κ1) is 23.0. The van der Waals surface area contributed by atoms with Crippen LogP contribution in [0.3, 0.4) is 0 Å². The van der Waals surface area contributed by atoms with Crippen LogP contribution in [-0.4, -0.2) is 37.2 Å². The molecule has 0 saturated carbocycles. The Kier molecular flexibility index (Phi) is 6.44. The van der Waals surface area contributed by atoms with Gasteiger partial charge < -0.3 is 20.3 Å². The minimum Gasteiger partial charge on any atom is -0.478 e. The summed E-state index contributed by atoms with van der Waals surface area (Å²) in [5.41, 5.74) is 4.92. The van der Waals surface area contributed by atoms with Gasteiger partial charge in [0.2, 0.25) is 0 Å². The lowest BCUT2D eigenvalue weighted by Gasteiger charge is -2.36. The van der Waals surface area contributed by atoms with Crippen molar-refractivity contribution in [3.63, 3.8) is 0 Å². The highest BCUT2D eigenvalue weighted by Gasteiger charge is 2.43. The van der Waals surface area contributed by atoms with E-state index in [1.54, 1.807) is 30.3 Å². The molecule has 1 aliphatic rings. The van der Waals surface area contributed by atoms with Crippen molar-refractivity contribution in [2.45, 2.75) is 5.92 Å². The number of nitriles is 1. The quantitative estimate of drug-likeness (QED) is 0.655. The largest absolute Gasteiger partial charge is 0.478 e. The summed E-state index contributed by atoms with van der Waals surface area (Å²) < 4.78 is 24.6. The third-order valence-electron chi connectivity index (χ3n) is 5.04. The number of nitrogens with two attached hydrogens (primary N) is 1. The summed E-state index contributed by atoms with van der Waals surface area (Å²) >= 11 is 0. The molecule has 0 aliphatic carbocycles. The number of esters is 2. The first-order valence-corrected chi connectivity index (χ1v) is 9.45. The van der Waals surface area contributed by atoms with E-state index in [1.807, 2.05) is 6.07 Å². The minimum atomic E-state index is -1.37. The Hall–Kier alpha value is -4.65. The van der Waals surface area contributed by atoms with Gasteiger partial charge in [-0.3, -0.25) is 4.90 Å². The predicted octanol–water partition coefficient (Wildman–Crippen LogP) is 2.42. The van der Waals surface area contributed by atoms with Gasteiger partial charge in [-0.15, -0.1) is 0 Å². The summed E-state index contributed by atoms with van der Waals surface area (Å²) in [6.07, 6.45) is 0. The Bertz CT molecular complexity index is 1250. The number of rotatable bonds is 5. The van der Waals surface area contributed by atoms with Crippen molar-refractivity contribution >= 4 is 23.6 Å². The first-order valence-electron chi connectivity index (χ1n) is 9.45. The van der Waals surface area contributed by atoms with E-state index in [4.69, 9.17) is 15.2 Å². The van der Waals surface area contributed by atoms with Gasteiger partial charge >= 0.3 is 17.9 Å². The number of hydrogen-bond donors (Lipinski definition) is 2. The van der Waals surface area contributed by atoms with E-state index in [1.165, 1.54) is 0 Å². The highest BCUT2D eigenvalue weighted by atomic mass is 19.1. The molecule has 3 N–H and O–H groups in total. The van der Waals surface area contributed by atoms with Crippen LogP contribution < -0.4 is 10.6 Å². The number of ether oxygens (including phenoxy) is 2. The summed E-state index contributed by atoms with van der Waals surface area (Å²) in [5, 5.41) is 19.3. The van der Waals surface area contributed by atoms with Gasteiger partial charge in [-0.1, -0.05) is 30.3 Å². The number of benzene rings is 2. The average Bonchev–Trinajstić information content (AvgIpc) is 2.83. The summed E-state index contributed by atoms with van der Waals surface area (Å²) in [6.45, 7) is 0. The van der Waals surface area contributed by atoms with Gasteiger partial charge in [-0.05, 0) is 23.8 Å². The van der Waals surface area contributed by atoms with Crippen molar-refractivity contribution in [3.8, 4) is 6.07 Å². The molecular weight excluding hydrogens is 433 g/mol. The zero-order chi connectivity index (χ0) is 24.3. The number of carboxylic acid groups (broad SMARTS) is 1. The lowest BCUT2D eigenvalue weighted by atomic mass is 9.81. The normalized spacial score (nSPS) is 15.7. The van der Waals surface area contributed by atoms with Crippen molar-refractivity contribution < 1.29 is 33.4 Å². The van der Waals surface area contributed by atoms with Crippen LogP contribution in [0, 0.1) is 17.1 Å². The SMILES string of the molecule is COC(=O)C1=C(C(=O)OC)N(c2cc(C(=O)O)ccc2F)C(N)=C(C#N)C1c1ccccc1. The number of halogens is 1. The zero-order valence-corrected chi connectivity index (χ0v) is 17.5. The van der Waals surface area contributed by atoms with Gasteiger partial charge in [0, 0.05) is 0 Å². The topological polar surface area (TPSA) is 143 Å². The minimum absolute atomic E-state index is 0.172. The molecule has 0 spiro atoms. The molecule has 0 aromatic heterocycles. The Balaban J connectivity index is 2.46. The van der Waals surface area contributed by atoms with Crippen LogP contribution in [0.1, 0.15) is 21.8 Å². The summed E-state index contributed by atoms with van der Waals surface area (Å²) in [4.78, 5) is 38.1. The number of carbonyl (C=O) groups excluding carboxylic acids is 2. The maximum atomic E-state index is 14.9. The van der Waals surface area contributed by atoms with Gasteiger partial charge in [0.1, 0.15) is 17.3 Å². The second-order valence-corrected chi connectivity index (χ2v) is 6.81. The van der Waals surface area contributed by atoms with Crippen molar-refractivity contribution in [1.82, 2.24) is 0 Å². The highest BCUT2D eigenvalue weighted by Crippen LogP contribution is 2.43. The van der Waals surface area contributed by atoms with Crippen molar-refractivity contribution in [2.24, 2.45) is 5.73 Å². The molecule has 10 heteroatoms. The fourth-order valence-corrected chi connectivity index (χ4v) is 3.58. The number of allylic oxidation sites excluding steroid dienone is 1. The number of nitrogens with zero attached hydrogens (tertiary/aromatic N) is 2. The van der Waals surface area contributed by atoms with Gasteiger partial charge in [-0.25, -0.2) is 18.8 Å². The number of anilines is 1. The van der Waals surface area contributed by atoms with Crippen molar-refractivity contribution in [2.75, 3.05) is 19.1 Å². The molecule has 0 bridgehead atoms. The van der Waals surface area contributed by atoms with E-state index in [0.29, 0.717) is 5.56 Å². The monoisotopic (exact) mass is 451 g/mol. The van der Waals surface area contributed by atoms with E-state index in [-0.39, 0.29) is 22.5 Å². The van der Waals surface area contributed by atoms with E-state index < -0.39 is 41.0 Å². The van der Waals surface area contributed by atoms with E-state index in [2.05, 4.69) is 0 Å². The standard InChI is InChI=1S/C23H18FN3O6/c1-32-22(30)18-17(12-6-4-3-5-7-12)14(11-25)20(26)27(19(18)23(31)33-2)16-10-13(21(28)29)8-9-15(16)24/h3-10,17H,26H2,1-2H3,(H,28,29). The molecular formula is C23H18FN3O6. The summed E-state index contributed by atoms with van der Waals surface area (Å²) in [5.74, 6) is -5.87. The highest BCUT2D eigenvalue weighted by molar-refractivity contribution is 6.06. The van der Waals surface area contributed by atoms with Gasteiger partial charge in [0.15, 0.2) is 0 Å². The lowest BCUT2D eigenvalue weighted by Crippen LogP contribution is -2.41. The molecule has 33 heavy (non-hydrogen) atoms. The van der Waals surface area contributed by atoms with E-state index in [0.717, 1.165) is 37.3 Å². The van der Waals surface area contributed by atoms with Gasteiger partial charge in [-0.2, -0.15) is 5.26 Å². The molecule has 2 aromatic rings. The summed E-state index contributed by atoms with van der Waals surface area (Å²) in [6, 6.07) is 13.0. The van der Waals surface area contributed by atoms with Gasteiger partial charge in [0.05, 0.1) is 48.6 Å². The third kappa shape index (κ3) is 3.99. The molecule has 1 heterocycles. The fraction of sp³-hybridized carbons (Fsp3) is 0.130. The first-order chi connectivity index (χ1) is 15.8. The Labute approximate surface area is 187 Å². The number of methoxy groups -OCH3 is 2. The Morgan fingerprint density at radius 2 is 1.73 bits per heavy atom. The number of aromatic carboxylic acids is 1. The van der Waals surface area contributed by atoms with Crippen LogP contribution in [0.4, 0.5) is 10.1 Å². The molecule has 3 rings (SSSR count). The zero-order valence-electron chi connectivity index (χ0n) is 17.5. The van der Waals surface area contributed by atoms with Gasteiger partial charge in [0.25, 0.3) is 0 Å². The number of hydrogen-bond acceptors (Lipinski definition) is 8. The molecule has 1 atom stereocenters. The maximum Gasteiger partial charge on any atom is 0.355 e. The van der Waals surface area contributed by atoms with Crippen LogP contribution in [0.15, 0.2) is 71.2 Å². The number of carbonyl (C=O) groups is 3. The molecule has 1 aliphatic heterocycles. The fourth-order valence-electron chi connectivity index (χ4n) is 3.58. The van der Waals surface area contributed by atoms with Crippen LogP contribution in [-0.2, 0) is 19.1 Å². The molecule has 0 fully saturated rings. The van der Waals surface area contributed by atoms with Crippen molar-refractivity contribution in [3.05, 3.63) is 88.1 Å². The Morgan fingerprint density at radius 3 is 2.27 bits per heavy atom. The molecule has 1 unspecified atom stereocenters. The molecule has 9 nitrogen and oxygen atoms in total. The van der Waals surface area contributed by atoms with E-state index >= 15 is 0 Å². The molecule has 0 amide bonds. The van der Waals surface area contributed by atoms with Crippen LogP contribution in [0.25, 0.3) is 0 Å². The van der Waals surface area contributed by atoms with E-state index in [9.17, 15) is 29.1 Å². The molecule has 0 radical (unpaired) electrons. The molecule has 0 saturated heterocycles. The number of carboxylic acids is 1. The predicted molar refractivity (Wildman–Crippen MR) is 113 cm³/mol.